The van der Waals surface area contributed by atoms with Crippen LogP contribution in [0.5, 0.6) is 0 Å². The van der Waals surface area contributed by atoms with E-state index in [0.29, 0.717) is 24.3 Å². The van der Waals surface area contributed by atoms with Crippen molar-refractivity contribution in [3.05, 3.63) is 89.8 Å². The fourth-order valence-electron chi connectivity index (χ4n) is 4.87. The van der Waals surface area contributed by atoms with Gasteiger partial charge in [0, 0.05) is 23.9 Å². The Balaban J connectivity index is 1.55. The van der Waals surface area contributed by atoms with E-state index in [2.05, 4.69) is 29.5 Å². The summed E-state index contributed by atoms with van der Waals surface area (Å²) in [7, 11) is 0. The Hall–Kier alpha value is -3.87. The zero-order valence-corrected chi connectivity index (χ0v) is 19.4. The highest BCUT2D eigenvalue weighted by molar-refractivity contribution is 6.01. The Morgan fingerprint density at radius 2 is 1.97 bits per heavy atom. The number of amides is 1. The highest BCUT2D eigenvalue weighted by Gasteiger charge is 2.42. The van der Waals surface area contributed by atoms with Gasteiger partial charge >= 0.3 is 0 Å². The van der Waals surface area contributed by atoms with E-state index in [4.69, 9.17) is 4.42 Å². The van der Waals surface area contributed by atoms with Crippen molar-refractivity contribution in [3.8, 4) is 0 Å². The summed E-state index contributed by atoms with van der Waals surface area (Å²) in [5, 5.41) is 6.50. The normalized spacial score (nSPS) is 19.1. The summed E-state index contributed by atoms with van der Waals surface area (Å²) >= 11 is 0. The van der Waals surface area contributed by atoms with Crippen molar-refractivity contribution in [1.29, 1.82) is 0 Å². The van der Waals surface area contributed by atoms with Gasteiger partial charge in [0.1, 0.15) is 11.8 Å². The fourth-order valence-corrected chi connectivity index (χ4v) is 4.87. The zero-order valence-electron chi connectivity index (χ0n) is 19.4. The van der Waals surface area contributed by atoms with Crippen LogP contribution in [-0.4, -0.2) is 23.2 Å². The molecule has 7 nitrogen and oxygen atoms in total. The van der Waals surface area contributed by atoms with E-state index in [-0.39, 0.29) is 23.7 Å². The molecule has 0 radical (unpaired) electrons. The van der Waals surface area contributed by atoms with E-state index in [1.54, 1.807) is 12.5 Å². The molecule has 1 amide bonds. The molecule has 0 unspecified atom stereocenters. The number of hydrogen-bond donors (Lipinski definition) is 2. The van der Waals surface area contributed by atoms with E-state index in [0.717, 1.165) is 29.2 Å². The van der Waals surface area contributed by atoms with E-state index in [1.165, 1.54) is 0 Å². The zero-order chi connectivity index (χ0) is 23.7. The maximum absolute atomic E-state index is 13.5. The first kappa shape index (κ1) is 21.9. The van der Waals surface area contributed by atoms with Gasteiger partial charge in [0.15, 0.2) is 5.78 Å². The van der Waals surface area contributed by atoms with Gasteiger partial charge in [-0.2, -0.15) is 0 Å². The molecule has 34 heavy (non-hydrogen) atoms. The number of allylic oxidation sites excluding steroid dienone is 1. The second-order valence-electron chi connectivity index (χ2n) is 9.62. The lowest BCUT2D eigenvalue weighted by Gasteiger charge is -2.36. The molecule has 1 atom stereocenters. The first-order chi connectivity index (χ1) is 16.4. The number of carbonyl (C=O) groups excluding carboxylic acids is 2. The van der Waals surface area contributed by atoms with Crippen molar-refractivity contribution in [3.63, 3.8) is 0 Å². The number of nitrogens with one attached hydrogen (secondary N) is 2. The van der Waals surface area contributed by atoms with Crippen LogP contribution in [0.1, 0.15) is 44.2 Å². The topological polar surface area (TPSA) is 87.5 Å². The average molecular weight is 457 g/mol. The molecule has 0 saturated carbocycles. The molecule has 0 saturated heterocycles. The number of fused-ring (bicyclic) bond motifs is 1. The van der Waals surface area contributed by atoms with Crippen LogP contribution in [-0.2, 0) is 16.1 Å². The first-order valence-corrected chi connectivity index (χ1v) is 11.5. The van der Waals surface area contributed by atoms with Crippen LogP contribution >= 0.6 is 0 Å². The summed E-state index contributed by atoms with van der Waals surface area (Å²) in [6.45, 7) is 4.61. The second-order valence-corrected chi connectivity index (χ2v) is 9.62. The number of hydrogen-bond acceptors (Lipinski definition) is 6. The molecule has 3 heterocycles. The van der Waals surface area contributed by atoms with Crippen LogP contribution in [0, 0.1) is 5.41 Å². The van der Waals surface area contributed by atoms with Gasteiger partial charge in [-0.25, -0.2) is 0 Å². The Bertz CT molecular complexity index is 1230. The maximum atomic E-state index is 13.5. The smallest absolute Gasteiger partial charge is 0.239 e. The van der Waals surface area contributed by atoms with Gasteiger partial charge < -0.3 is 20.0 Å². The third-order valence-electron chi connectivity index (χ3n) is 6.32. The summed E-state index contributed by atoms with van der Waals surface area (Å²) in [5.41, 5.74) is 3.91. The van der Waals surface area contributed by atoms with Crippen LogP contribution in [0.2, 0.25) is 0 Å². The number of anilines is 2. The lowest BCUT2D eigenvalue weighted by atomic mass is 9.74. The molecule has 1 aliphatic heterocycles. The van der Waals surface area contributed by atoms with Crippen LogP contribution < -0.4 is 15.5 Å². The Kier molecular flexibility index (Phi) is 5.69. The van der Waals surface area contributed by atoms with Crippen molar-refractivity contribution in [2.75, 3.05) is 16.8 Å². The Morgan fingerprint density at radius 1 is 1.15 bits per heavy atom. The number of pyridine rings is 1. The molecular formula is C27H28N4O3. The Morgan fingerprint density at radius 3 is 2.74 bits per heavy atom. The van der Waals surface area contributed by atoms with E-state index < -0.39 is 6.04 Å². The highest BCUT2D eigenvalue weighted by atomic mass is 16.3. The number of nitrogens with zero attached hydrogens (tertiary/aromatic N) is 2. The van der Waals surface area contributed by atoms with Gasteiger partial charge in [0.2, 0.25) is 5.91 Å². The third-order valence-corrected chi connectivity index (χ3v) is 6.32. The molecule has 5 rings (SSSR count). The summed E-state index contributed by atoms with van der Waals surface area (Å²) in [4.78, 5) is 32.9. The minimum Gasteiger partial charge on any atom is -0.467 e. The van der Waals surface area contributed by atoms with E-state index in [9.17, 15) is 9.59 Å². The molecular weight excluding hydrogens is 428 g/mol. The van der Waals surface area contributed by atoms with Crippen LogP contribution in [0.15, 0.2) is 82.7 Å². The van der Waals surface area contributed by atoms with Crippen LogP contribution in [0.25, 0.3) is 0 Å². The maximum Gasteiger partial charge on any atom is 0.239 e. The van der Waals surface area contributed by atoms with Crippen molar-refractivity contribution >= 4 is 23.1 Å². The SMILES string of the molecule is CC1(C)CC(=O)C2=C(C1)Nc1ccccc1N(CC(=O)NCc1ccccn1)[C@H]2c1ccco1. The lowest BCUT2D eigenvalue weighted by Crippen LogP contribution is -2.41. The van der Waals surface area contributed by atoms with Gasteiger partial charge in [-0.1, -0.05) is 32.0 Å². The van der Waals surface area contributed by atoms with Crippen molar-refractivity contribution in [2.24, 2.45) is 5.41 Å². The quantitative estimate of drug-likeness (QED) is 0.583. The average Bonchev–Trinajstić information content (AvgIpc) is 3.30. The largest absolute Gasteiger partial charge is 0.467 e. The molecule has 0 fully saturated rings. The number of Topliss-reactive ketones (excluding diaryl/α,β-unsaturated/α-hetero) is 1. The molecule has 7 heteroatoms. The predicted octanol–water partition coefficient (Wildman–Crippen LogP) is 4.61. The highest BCUT2D eigenvalue weighted by Crippen LogP contribution is 2.48. The number of para-hydroxylation sites is 2. The molecule has 3 aromatic rings. The number of benzene rings is 1. The Labute approximate surface area is 198 Å². The molecule has 1 aliphatic carbocycles. The standard InChI is InChI=1S/C27H28N4O3/c1-27(2)14-20-25(22(32)15-27)26(23-11-7-13-34-23)31(21-10-4-3-9-19(21)30-20)17-24(33)29-16-18-8-5-6-12-28-18/h3-13,26,30H,14-17H2,1-2H3,(H,29,33)/t26-/m0/s1. The molecule has 2 aromatic heterocycles. The number of furan rings is 1. The van der Waals surface area contributed by atoms with Crippen molar-refractivity contribution in [1.82, 2.24) is 10.3 Å². The van der Waals surface area contributed by atoms with E-state index in [1.807, 2.05) is 59.5 Å². The third kappa shape index (κ3) is 4.33. The first-order valence-electron chi connectivity index (χ1n) is 11.5. The molecule has 1 aromatic carbocycles. The minimum atomic E-state index is -0.509. The number of aromatic nitrogens is 1. The summed E-state index contributed by atoms with van der Waals surface area (Å²) in [5.74, 6) is 0.549. The van der Waals surface area contributed by atoms with E-state index >= 15 is 0 Å². The van der Waals surface area contributed by atoms with Gasteiger partial charge in [-0.3, -0.25) is 14.6 Å². The molecule has 0 spiro atoms. The lowest BCUT2D eigenvalue weighted by molar-refractivity contribution is -0.121. The molecule has 0 bridgehead atoms. The van der Waals surface area contributed by atoms with Gasteiger partial charge in [-0.05, 0) is 48.2 Å². The van der Waals surface area contributed by atoms with Gasteiger partial charge in [0.05, 0.1) is 36.4 Å². The monoisotopic (exact) mass is 456 g/mol. The van der Waals surface area contributed by atoms with Gasteiger partial charge in [-0.15, -0.1) is 0 Å². The molecule has 2 aliphatic rings. The summed E-state index contributed by atoms with van der Waals surface area (Å²) < 4.78 is 5.84. The minimum absolute atomic E-state index is 0.0599. The van der Waals surface area contributed by atoms with Crippen molar-refractivity contribution < 1.29 is 14.0 Å². The summed E-state index contributed by atoms with van der Waals surface area (Å²) in [6.07, 6.45) is 4.49. The van der Waals surface area contributed by atoms with Gasteiger partial charge in [0.25, 0.3) is 0 Å². The fraction of sp³-hybridized carbons (Fsp3) is 0.296. The molecule has 174 valence electrons. The van der Waals surface area contributed by atoms with Crippen molar-refractivity contribution in [2.45, 2.75) is 39.3 Å². The number of ketones is 1. The molecule has 2 N–H and O–H groups in total. The summed E-state index contributed by atoms with van der Waals surface area (Å²) in [6, 6.07) is 16.6. The van der Waals surface area contributed by atoms with Crippen LogP contribution in [0.3, 0.4) is 0 Å². The van der Waals surface area contributed by atoms with Crippen LogP contribution in [0.4, 0.5) is 11.4 Å². The predicted molar refractivity (Wildman–Crippen MR) is 130 cm³/mol. The number of rotatable bonds is 5. The second kappa shape index (κ2) is 8.82. The number of carbonyl (C=O) groups is 2.